The molecule has 0 N–H and O–H groups in total. The number of ether oxygens (including phenoxy) is 1. The summed E-state index contributed by atoms with van der Waals surface area (Å²) in [4.78, 5) is 4.59. The normalized spacial score (nSPS) is 23.6. The van der Waals surface area contributed by atoms with Crippen LogP contribution in [0.2, 0.25) is 0 Å². The van der Waals surface area contributed by atoms with Crippen LogP contribution in [0.25, 0.3) is 0 Å². The van der Waals surface area contributed by atoms with Crippen molar-refractivity contribution in [1.29, 1.82) is 0 Å². The topological polar surface area (TPSA) is 21.6 Å². The van der Waals surface area contributed by atoms with Gasteiger partial charge in [0.15, 0.2) is 0 Å². The van der Waals surface area contributed by atoms with E-state index in [1.807, 2.05) is 18.2 Å². The van der Waals surface area contributed by atoms with Gasteiger partial charge in [-0.05, 0) is 17.7 Å². The van der Waals surface area contributed by atoms with Crippen LogP contribution in [0.5, 0.6) is 5.75 Å². The number of aliphatic imine (C=N–C) groups is 1. The SMILES string of the molecule is C1=Nc2ccccc2C12CCOc1ccccc12. The Morgan fingerprint density at radius 3 is 2.67 bits per heavy atom. The largest absolute Gasteiger partial charge is 0.493 e. The van der Waals surface area contributed by atoms with Crippen molar-refractivity contribution in [2.75, 3.05) is 6.61 Å². The lowest BCUT2D eigenvalue weighted by Gasteiger charge is -2.34. The van der Waals surface area contributed by atoms with Gasteiger partial charge in [0.1, 0.15) is 5.75 Å². The zero-order valence-electron chi connectivity index (χ0n) is 9.97. The summed E-state index contributed by atoms with van der Waals surface area (Å²) in [5.41, 5.74) is 3.56. The highest BCUT2D eigenvalue weighted by Gasteiger charge is 2.41. The van der Waals surface area contributed by atoms with Crippen LogP contribution in [0.3, 0.4) is 0 Å². The molecule has 2 aromatic rings. The molecule has 0 saturated heterocycles. The third kappa shape index (κ3) is 1.15. The first-order valence-electron chi connectivity index (χ1n) is 6.27. The molecule has 2 aliphatic heterocycles. The molecular formula is C16H13NO. The molecule has 0 bridgehead atoms. The van der Waals surface area contributed by atoms with E-state index in [9.17, 15) is 0 Å². The van der Waals surface area contributed by atoms with E-state index in [4.69, 9.17) is 4.74 Å². The highest BCUT2D eigenvalue weighted by molar-refractivity contribution is 5.90. The van der Waals surface area contributed by atoms with Crippen molar-refractivity contribution in [3.63, 3.8) is 0 Å². The molecule has 0 radical (unpaired) electrons. The van der Waals surface area contributed by atoms with Crippen LogP contribution in [0.1, 0.15) is 17.5 Å². The monoisotopic (exact) mass is 235 g/mol. The lowest BCUT2D eigenvalue weighted by atomic mass is 9.72. The highest BCUT2D eigenvalue weighted by atomic mass is 16.5. The van der Waals surface area contributed by atoms with Gasteiger partial charge in [0.25, 0.3) is 0 Å². The molecule has 2 aliphatic rings. The minimum Gasteiger partial charge on any atom is -0.493 e. The number of hydrogen-bond acceptors (Lipinski definition) is 2. The van der Waals surface area contributed by atoms with Crippen molar-refractivity contribution in [1.82, 2.24) is 0 Å². The maximum atomic E-state index is 5.76. The van der Waals surface area contributed by atoms with Crippen LogP contribution in [0.15, 0.2) is 53.5 Å². The van der Waals surface area contributed by atoms with Gasteiger partial charge >= 0.3 is 0 Å². The van der Waals surface area contributed by atoms with Crippen LogP contribution < -0.4 is 4.74 Å². The molecule has 2 nitrogen and oxygen atoms in total. The summed E-state index contributed by atoms with van der Waals surface area (Å²) in [7, 11) is 0. The van der Waals surface area contributed by atoms with E-state index < -0.39 is 0 Å². The molecule has 0 aliphatic carbocycles. The molecule has 88 valence electrons. The minimum absolute atomic E-state index is 0.0779. The second-order valence-electron chi connectivity index (χ2n) is 4.84. The molecule has 0 amide bonds. The van der Waals surface area contributed by atoms with Crippen LogP contribution in [0.4, 0.5) is 5.69 Å². The molecule has 1 spiro atoms. The van der Waals surface area contributed by atoms with E-state index in [1.54, 1.807) is 0 Å². The molecule has 18 heavy (non-hydrogen) atoms. The Bertz CT molecular complexity index is 647. The molecule has 2 aromatic carbocycles. The van der Waals surface area contributed by atoms with Crippen LogP contribution in [0, 0.1) is 0 Å². The Morgan fingerprint density at radius 1 is 0.944 bits per heavy atom. The van der Waals surface area contributed by atoms with Gasteiger partial charge in [0, 0.05) is 18.2 Å². The average molecular weight is 235 g/mol. The maximum absolute atomic E-state index is 5.76. The smallest absolute Gasteiger partial charge is 0.123 e. The predicted molar refractivity (Wildman–Crippen MR) is 71.9 cm³/mol. The average Bonchev–Trinajstić information content (AvgIpc) is 2.80. The van der Waals surface area contributed by atoms with Crippen LogP contribution in [-0.4, -0.2) is 12.8 Å². The van der Waals surface area contributed by atoms with Gasteiger partial charge in [-0.25, -0.2) is 0 Å². The zero-order valence-corrected chi connectivity index (χ0v) is 9.97. The highest BCUT2D eigenvalue weighted by Crippen LogP contribution is 2.48. The van der Waals surface area contributed by atoms with Crippen LogP contribution >= 0.6 is 0 Å². The van der Waals surface area contributed by atoms with Crippen molar-refractivity contribution >= 4 is 11.9 Å². The first-order chi connectivity index (χ1) is 8.90. The first-order valence-corrected chi connectivity index (χ1v) is 6.27. The van der Waals surface area contributed by atoms with Gasteiger partial charge in [-0.2, -0.15) is 0 Å². The molecule has 1 unspecified atom stereocenters. The Labute approximate surface area is 106 Å². The molecule has 0 saturated carbocycles. The Balaban J connectivity index is 2.00. The number of rotatable bonds is 0. The molecule has 2 heterocycles. The Morgan fingerprint density at radius 2 is 1.72 bits per heavy atom. The quantitative estimate of drug-likeness (QED) is 0.685. The molecule has 0 fully saturated rings. The second-order valence-corrected chi connectivity index (χ2v) is 4.84. The fourth-order valence-electron chi connectivity index (χ4n) is 3.04. The van der Waals surface area contributed by atoms with Crippen molar-refractivity contribution in [3.05, 3.63) is 59.7 Å². The third-order valence-corrected chi connectivity index (χ3v) is 3.93. The van der Waals surface area contributed by atoms with E-state index in [-0.39, 0.29) is 5.41 Å². The van der Waals surface area contributed by atoms with Crippen molar-refractivity contribution in [2.45, 2.75) is 11.8 Å². The molecule has 2 heteroatoms. The lowest BCUT2D eigenvalue weighted by molar-refractivity contribution is 0.264. The minimum atomic E-state index is -0.0779. The molecule has 1 atom stereocenters. The van der Waals surface area contributed by atoms with Crippen LogP contribution in [-0.2, 0) is 5.41 Å². The van der Waals surface area contributed by atoms with E-state index in [0.29, 0.717) is 0 Å². The number of benzene rings is 2. The van der Waals surface area contributed by atoms with Gasteiger partial charge in [-0.3, -0.25) is 4.99 Å². The number of nitrogens with zero attached hydrogens (tertiary/aromatic N) is 1. The zero-order chi connectivity index (χ0) is 12.0. The molecule has 0 aromatic heterocycles. The number of para-hydroxylation sites is 2. The summed E-state index contributed by atoms with van der Waals surface area (Å²) in [6, 6.07) is 16.7. The summed E-state index contributed by atoms with van der Waals surface area (Å²) in [6.07, 6.45) is 3.06. The van der Waals surface area contributed by atoms with Crippen molar-refractivity contribution in [2.24, 2.45) is 4.99 Å². The van der Waals surface area contributed by atoms with Gasteiger partial charge < -0.3 is 4.74 Å². The third-order valence-electron chi connectivity index (χ3n) is 3.93. The fourth-order valence-corrected chi connectivity index (χ4v) is 3.04. The lowest BCUT2D eigenvalue weighted by Crippen LogP contribution is -2.33. The molecule has 4 rings (SSSR count). The Hall–Kier alpha value is -2.09. The fraction of sp³-hybridized carbons (Fsp3) is 0.188. The van der Waals surface area contributed by atoms with Gasteiger partial charge in [-0.1, -0.05) is 36.4 Å². The van der Waals surface area contributed by atoms with Gasteiger partial charge in [-0.15, -0.1) is 0 Å². The van der Waals surface area contributed by atoms with E-state index in [2.05, 4.69) is 41.5 Å². The van der Waals surface area contributed by atoms with Gasteiger partial charge in [0.05, 0.1) is 17.7 Å². The number of hydrogen-bond donors (Lipinski definition) is 0. The Kier molecular flexibility index (Phi) is 1.90. The van der Waals surface area contributed by atoms with Crippen molar-refractivity contribution in [3.8, 4) is 5.75 Å². The summed E-state index contributed by atoms with van der Waals surface area (Å²) >= 11 is 0. The van der Waals surface area contributed by atoms with E-state index >= 15 is 0 Å². The summed E-state index contributed by atoms with van der Waals surface area (Å²) in [5, 5.41) is 0. The van der Waals surface area contributed by atoms with E-state index in [0.717, 1.165) is 24.5 Å². The summed E-state index contributed by atoms with van der Waals surface area (Å²) in [6.45, 7) is 0.747. The van der Waals surface area contributed by atoms with E-state index in [1.165, 1.54) is 11.1 Å². The summed E-state index contributed by atoms with van der Waals surface area (Å²) in [5.74, 6) is 0.993. The predicted octanol–water partition coefficient (Wildman–Crippen LogP) is 3.47. The first kappa shape index (κ1) is 9.89. The second kappa shape index (κ2) is 3.45. The summed E-state index contributed by atoms with van der Waals surface area (Å²) < 4.78 is 5.76. The van der Waals surface area contributed by atoms with Gasteiger partial charge in [0.2, 0.25) is 0 Å². The maximum Gasteiger partial charge on any atom is 0.123 e. The standard InChI is InChI=1S/C16H13NO/c1-3-7-14-12(5-1)16(11-17-14)9-10-18-15-8-4-2-6-13(15)16/h1-8,11H,9-10H2. The number of fused-ring (bicyclic) bond motifs is 4. The molecular weight excluding hydrogens is 222 g/mol. The van der Waals surface area contributed by atoms with Crippen molar-refractivity contribution < 1.29 is 4.74 Å².